The molecule has 1 aromatic rings. The lowest BCUT2D eigenvalue weighted by Gasteiger charge is -2.24. The van der Waals surface area contributed by atoms with E-state index in [2.05, 4.69) is 11.4 Å². The van der Waals surface area contributed by atoms with Gasteiger partial charge in [0.2, 0.25) is 0 Å². The van der Waals surface area contributed by atoms with Crippen LogP contribution in [0.2, 0.25) is 5.02 Å². The minimum atomic E-state index is 0.561. The van der Waals surface area contributed by atoms with Crippen LogP contribution in [-0.2, 0) is 0 Å². The average molecular weight is 226 g/mol. The molecule has 15 heavy (non-hydrogen) atoms. The molecule has 1 heterocycles. The highest BCUT2D eigenvalue weighted by molar-refractivity contribution is 6.30. The van der Waals surface area contributed by atoms with E-state index in [-0.39, 0.29) is 0 Å². The fourth-order valence-electron chi connectivity index (χ4n) is 2.14. The molecule has 0 bridgehead atoms. The van der Waals surface area contributed by atoms with E-state index in [0.29, 0.717) is 5.92 Å². The standard InChI is InChI=1S/C12H16ClNO/c1-15-12-7-10(13)4-5-11(12)9-3-2-6-14-8-9/h4-5,7,9,14H,2-3,6,8H2,1H3/t9-/m0/s1. The molecule has 1 aromatic carbocycles. The van der Waals surface area contributed by atoms with Crippen LogP contribution in [0.15, 0.2) is 18.2 Å². The summed E-state index contributed by atoms with van der Waals surface area (Å²) in [4.78, 5) is 0. The zero-order valence-corrected chi connectivity index (χ0v) is 9.68. The molecule has 0 radical (unpaired) electrons. The maximum atomic E-state index is 5.94. The van der Waals surface area contributed by atoms with Crippen molar-refractivity contribution < 1.29 is 4.74 Å². The molecule has 2 rings (SSSR count). The van der Waals surface area contributed by atoms with Crippen LogP contribution in [0.25, 0.3) is 0 Å². The van der Waals surface area contributed by atoms with Gasteiger partial charge in [0.05, 0.1) is 7.11 Å². The van der Waals surface area contributed by atoms with Gasteiger partial charge >= 0.3 is 0 Å². The van der Waals surface area contributed by atoms with Crippen LogP contribution in [0.3, 0.4) is 0 Å². The van der Waals surface area contributed by atoms with Gasteiger partial charge in [-0.05, 0) is 37.1 Å². The third-order valence-electron chi connectivity index (χ3n) is 2.93. The molecule has 1 aliphatic rings. The van der Waals surface area contributed by atoms with Gasteiger partial charge in [-0.25, -0.2) is 0 Å². The molecule has 0 aromatic heterocycles. The van der Waals surface area contributed by atoms with Gasteiger partial charge < -0.3 is 10.1 Å². The van der Waals surface area contributed by atoms with E-state index in [9.17, 15) is 0 Å². The van der Waals surface area contributed by atoms with Gasteiger partial charge in [0.25, 0.3) is 0 Å². The Bertz CT molecular complexity index is 334. The first kappa shape index (κ1) is 10.8. The smallest absolute Gasteiger partial charge is 0.123 e. The Morgan fingerprint density at radius 2 is 2.33 bits per heavy atom. The third kappa shape index (κ3) is 2.44. The fraction of sp³-hybridized carbons (Fsp3) is 0.500. The maximum Gasteiger partial charge on any atom is 0.123 e. The van der Waals surface area contributed by atoms with E-state index >= 15 is 0 Å². The highest BCUT2D eigenvalue weighted by Crippen LogP contribution is 2.32. The van der Waals surface area contributed by atoms with Gasteiger partial charge in [-0.3, -0.25) is 0 Å². The monoisotopic (exact) mass is 225 g/mol. The van der Waals surface area contributed by atoms with Gasteiger partial charge in [0, 0.05) is 17.5 Å². The summed E-state index contributed by atoms with van der Waals surface area (Å²) in [6, 6.07) is 5.92. The summed E-state index contributed by atoms with van der Waals surface area (Å²) in [5.41, 5.74) is 1.27. The normalized spacial score (nSPS) is 21.3. The summed E-state index contributed by atoms with van der Waals surface area (Å²) >= 11 is 5.94. The molecule has 0 aliphatic carbocycles. The largest absolute Gasteiger partial charge is 0.496 e. The van der Waals surface area contributed by atoms with Crippen LogP contribution in [0.5, 0.6) is 5.75 Å². The Hall–Kier alpha value is -0.730. The fourth-order valence-corrected chi connectivity index (χ4v) is 2.30. The summed E-state index contributed by atoms with van der Waals surface area (Å²) in [7, 11) is 1.70. The lowest BCUT2D eigenvalue weighted by Crippen LogP contribution is -2.28. The van der Waals surface area contributed by atoms with Crippen molar-refractivity contribution >= 4 is 11.6 Å². The summed E-state index contributed by atoms with van der Waals surface area (Å²) in [5.74, 6) is 1.47. The number of hydrogen-bond acceptors (Lipinski definition) is 2. The number of piperidine rings is 1. The second-order valence-corrected chi connectivity index (χ2v) is 4.37. The molecule has 2 nitrogen and oxygen atoms in total. The molecule has 1 saturated heterocycles. The highest BCUT2D eigenvalue weighted by Gasteiger charge is 2.18. The lowest BCUT2D eigenvalue weighted by molar-refractivity contribution is 0.392. The number of benzene rings is 1. The molecule has 0 saturated carbocycles. The van der Waals surface area contributed by atoms with Crippen molar-refractivity contribution in [1.82, 2.24) is 5.32 Å². The van der Waals surface area contributed by atoms with Crippen molar-refractivity contribution in [3.8, 4) is 5.75 Å². The van der Waals surface area contributed by atoms with Gasteiger partial charge in [-0.2, -0.15) is 0 Å². The first-order valence-electron chi connectivity index (χ1n) is 5.35. The number of halogens is 1. The van der Waals surface area contributed by atoms with Crippen molar-refractivity contribution in [1.29, 1.82) is 0 Å². The van der Waals surface area contributed by atoms with Crippen molar-refractivity contribution in [2.45, 2.75) is 18.8 Å². The van der Waals surface area contributed by atoms with Crippen LogP contribution in [0.1, 0.15) is 24.3 Å². The van der Waals surface area contributed by atoms with E-state index in [4.69, 9.17) is 16.3 Å². The molecule has 1 atom stereocenters. The Labute approximate surface area is 95.6 Å². The van der Waals surface area contributed by atoms with Crippen molar-refractivity contribution in [3.05, 3.63) is 28.8 Å². The average Bonchev–Trinajstić information content (AvgIpc) is 2.30. The van der Waals surface area contributed by atoms with Crippen molar-refractivity contribution in [2.75, 3.05) is 20.2 Å². The molecule has 82 valence electrons. The Balaban J connectivity index is 2.25. The molecule has 3 heteroatoms. The first-order chi connectivity index (χ1) is 7.31. The zero-order valence-electron chi connectivity index (χ0n) is 8.92. The third-order valence-corrected chi connectivity index (χ3v) is 3.17. The number of rotatable bonds is 2. The van der Waals surface area contributed by atoms with Gasteiger partial charge in [0.15, 0.2) is 0 Å². The predicted octanol–water partition coefficient (Wildman–Crippen LogP) is 2.82. The van der Waals surface area contributed by atoms with Crippen LogP contribution in [0, 0.1) is 0 Å². The van der Waals surface area contributed by atoms with Crippen molar-refractivity contribution in [3.63, 3.8) is 0 Å². The zero-order chi connectivity index (χ0) is 10.7. The molecule has 1 N–H and O–H groups in total. The number of ether oxygens (including phenoxy) is 1. The summed E-state index contributed by atoms with van der Waals surface area (Å²) in [5, 5.41) is 4.15. The predicted molar refractivity (Wildman–Crippen MR) is 62.8 cm³/mol. The lowest BCUT2D eigenvalue weighted by atomic mass is 9.91. The van der Waals surface area contributed by atoms with Crippen LogP contribution >= 0.6 is 11.6 Å². The number of nitrogens with one attached hydrogen (secondary N) is 1. The van der Waals surface area contributed by atoms with Gasteiger partial charge in [0.1, 0.15) is 5.75 Å². The molecule has 0 spiro atoms. The minimum absolute atomic E-state index is 0.561. The van der Waals surface area contributed by atoms with Crippen LogP contribution < -0.4 is 10.1 Å². The molecule has 0 unspecified atom stereocenters. The molecule has 0 amide bonds. The van der Waals surface area contributed by atoms with Crippen molar-refractivity contribution in [2.24, 2.45) is 0 Å². The van der Waals surface area contributed by atoms with Gasteiger partial charge in [-0.15, -0.1) is 0 Å². The summed E-state index contributed by atoms with van der Waals surface area (Å²) < 4.78 is 5.37. The first-order valence-corrected chi connectivity index (χ1v) is 5.73. The van der Waals surface area contributed by atoms with E-state index in [1.165, 1.54) is 18.4 Å². The summed E-state index contributed by atoms with van der Waals surface area (Å²) in [6.07, 6.45) is 2.46. The molecular weight excluding hydrogens is 210 g/mol. The summed E-state index contributed by atoms with van der Waals surface area (Å²) in [6.45, 7) is 2.17. The number of methoxy groups -OCH3 is 1. The van der Waals surface area contributed by atoms with Crippen LogP contribution in [0.4, 0.5) is 0 Å². The Morgan fingerprint density at radius 1 is 1.47 bits per heavy atom. The number of hydrogen-bond donors (Lipinski definition) is 1. The second kappa shape index (κ2) is 4.86. The Kier molecular flexibility index (Phi) is 3.49. The quantitative estimate of drug-likeness (QED) is 0.836. The second-order valence-electron chi connectivity index (χ2n) is 3.93. The maximum absolute atomic E-state index is 5.94. The van der Waals surface area contributed by atoms with E-state index in [1.54, 1.807) is 7.11 Å². The molecule has 1 aliphatic heterocycles. The highest BCUT2D eigenvalue weighted by atomic mass is 35.5. The molecule has 1 fully saturated rings. The van der Waals surface area contributed by atoms with E-state index < -0.39 is 0 Å². The van der Waals surface area contributed by atoms with Crippen LogP contribution in [-0.4, -0.2) is 20.2 Å². The van der Waals surface area contributed by atoms with E-state index in [0.717, 1.165) is 23.9 Å². The molecular formula is C12H16ClNO. The topological polar surface area (TPSA) is 21.3 Å². The van der Waals surface area contributed by atoms with E-state index in [1.807, 2.05) is 12.1 Å². The van der Waals surface area contributed by atoms with Gasteiger partial charge in [-0.1, -0.05) is 17.7 Å². The Morgan fingerprint density at radius 3 is 3.00 bits per heavy atom. The minimum Gasteiger partial charge on any atom is -0.496 e. The SMILES string of the molecule is COc1cc(Cl)ccc1[C@H]1CCCNC1.